The highest BCUT2D eigenvalue weighted by molar-refractivity contribution is 7.91. The third kappa shape index (κ3) is 5.12. The summed E-state index contributed by atoms with van der Waals surface area (Å²) in [5.74, 6) is 0.495. The summed E-state index contributed by atoms with van der Waals surface area (Å²) in [4.78, 5) is 4.00. The van der Waals surface area contributed by atoms with Gasteiger partial charge in [-0.1, -0.05) is 79.8 Å². The lowest BCUT2D eigenvalue weighted by Crippen LogP contribution is -2.44. The third-order valence-electron chi connectivity index (χ3n) is 4.43. The number of aromatic nitrogens is 1. The average Bonchev–Trinajstić information content (AvgIpc) is 2.60. The van der Waals surface area contributed by atoms with Gasteiger partial charge in [-0.15, -0.1) is 0 Å². The van der Waals surface area contributed by atoms with Gasteiger partial charge in [0, 0.05) is 6.20 Å². The number of rotatable bonds is 7. The van der Waals surface area contributed by atoms with Crippen LogP contribution in [0, 0.1) is 5.92 Å². The van der Waals surface area contributed by atoms with Gasteiger partial charge in [-0.3, -0.25) is 0 Å². The van der Waals surface area contributed by atoms with Crippen molar-refractivity contribution in [3.05, 3.63) is 66.0 Å². The van der Waals surface area contributed by atoms with E-state index in [9.17, 15) is 8.42 Å². The number of sulfone groups is 1. The van der Waals surface area contributed by atoms with Gasteiger partial charge in [0.1, 0.15) is 8.07 Å². The molecule has 0 saturated carbocycles. The molecule has 5 heteroatoms. The lowest BCUT2D eigenvalue weighted by Gasteiger charge is -2.28. The molecule has 1 aromatic heterocycles. The molecule has 3 nitrogen and oxygen atoms in total. The monoisotopic (exact) mass is 373 g/mol. The van der Waals surface area contributed by atoms with Crippen molar-refractivity contribution in [3.8, 4) is 0 Å². The maximum absolute atomic E-state index is 12.6. The van der Waals surface area contributed by atoms with Crippen molar-refractivity contribution in [3.63, 3.8) is 0 Å². The van der Waals surface area contributed by atoms with Crippen molar-refractivity contribution in [2.24, 2.45) is 5.92 Å². The zero-order valence-corrected chi connectivity index (χ0v) is 17.3. The molecule has 0 fully saturated rings. The van der Waals surface area contributed by atoms with E-state index in [4.69, 9.17) is 0 Å². The standard InChI is InChI=1S/C20H27NO2SSi/c1-17(2)16-19(25(3,4)18-10-6-5-7-11-18)13-15-24(22,23)20-12-8-9-14-21-20/h5-14,17H,15-16H2,1-4H3/b19-13+. The highest BCUT2D eigenvalue weighted by atomic mass is 32.2. The van der Waals surface area contributed by atoms with Gasteiger partial charge < -0.3 is 0 Å². The fourth-order valence-electron chi connectivity index (χ4n) is 2.90. The fraction of sp³-hybridized carbons (Fsp3) is 0.350. The van der Waals surface area contributed by atoms with Crippen molar-refractivity contribution in [1.29, 1.82) is 0 Å². The molecule has 0 unspecified atom stereocenters. The Hall–Kier alpha value is -1.72. The van der Waals surface area contributed by atoms with Crippen molar-refractivity contribution in [1.82, 2.24) is 4.98 Å². The highest BCUT2D eigenvalue weighted by Gasteiger charge is 2.29. The van der Waals surface area contributed by atoms with Gasteiger partial charge in [-0.2, -0.15) is 0 Å². The van der Waals surface area contributed by atoms with Crippen molar-refractivity contribution in [2.45, 2.75) is 38.4 Å². The SMILES string of the molecule is CC(C)C/C(=C\CS(=O)(=O)c1ccccn1)[Si](C)(C)c1ccccc1. The van der Waals surface area contributed by atoms with Crippen LogP contribution >= 0.6 is 0 Å². The molecule has 0 saturated heterocycles. The Morgan fingerprint density at radius 2 is 1.72 bits per heavy atom. The quantitative estimate of drug-likeness (QED) is 0.690. The molecule has 2 aromatic rings. The Morgan fingerprint density at radius 3 is 2.28 bits per heavy atom. The van der Waals surface area contributed by atoms with Crippen LogP contribution in [0.5, 0.6) is 0 Å². The first-order valence-electron chi connectivity index (χ1n) is 8.62. The summed E-state index contributed by atoms with van der Waals surface area (Å²) >= 11 is 0. The van der Waals surface area contributed by atoms with E-state index in [1.807, 2.05) is 12.1 Å². The summed E-state index contributed by atoms with van der Waals surface area (Å²) in [6.45, 7) is 8.95. The van der Waals surface area contributed by atoms with E-state index in [0.717, 1.165) is 6.42 Å². The zero-order chi connectivity index (χ0) is 18.5. The molecule has 0 N–H and O–H groups in total. The molecule has 1 aromatic carbocycles. The average molecular weight is 374 g/mol. The third-order valence-corrected chi connectivity index (χ3v) is 9.71. The summed E-state index contributed by atoms with van der Waals surface area (Å²) in [5.41, 5.74) is 0. The van der Waals surface area contributed by atoms with Crippen LogP contribution in [0.4, 0.5) is 0 Å². The predicted octanol–water partition coefficient (Wildman–Crippen LogP) is 3.98. The number of hydrogen-bond acceptors (Lipinski definition) is 3. The summed E-state index contributed by atoms with van der Waals surface area (Å²) in [7, 11) is -5.29. The summed E-state index contributed by atoms with van der Waals surface area (Å²) in [5, 5.41) is 2.76. The fourth-order valence-corrected chi connectivity index (χ4v) is 7.07. The number of nitrogens with zero attached hydrogens (tertiary/aromatic N) is 1. The minimum Gasteiger partial charge on any atom is -0.245 e. The van der Waals surface area contributed by atoms with Crippen LogP contribution < -0.4 is 5.19 Å². The van der Waals surface area contributed by atoms with Crippen molar-refractivity contribution < 1.29 is 8.42 Å². The second-order valence-corrected chi connectivity index (χ2v) is 13.7. The first-order valence-corrected chi connectivity index (χ1v) is 13.3. The van der Waals surface area contributed by atoms with Crippen LogP contribution in [0.2, 0.25) is 13.1 Å². The van der Waals surface area contributed by atoms with Gasteiger partial charge in [0.25, 0.3) is 0 Å². The van der Waals surface area contributed by atoms with Crippen LogP contribution in [-0.4, -0.2) is 27.2 Å². The van der Waals surface area contributed by atoms with E-state index in [1.165, 1.54) is 16.6 Å². The second-order valence-electron chi connectivity index (χ2n) is 7.27. The normalized spacial score (nSPS) is 13.2. The molecular weight excluding hydrogens is 346 g/mol. The Morgan fingerprint density at radius 1 is 1.08 bits per heavy atom. The number of benzene rings is 1. The molecule has 0 amide bonds. The van der Waals surface area contributed by atoms with Gasteiger partial charge in [0.05, 0.1) is 5.75 Å². The van der Waals surface area contributed by atoms with Crippen LogP contribution in [-0.2, 0) is 9.84 Å². The lowest BCUT2D eigenvalue weighted by molar-refractivity contribution is 0.595. The van der Waals surface area contributed by atoms with E-state index in [0.29, 0.717) is 5.92 Å². The minimum absolute atomic E-state index is 0.00926. The number of pyridine rings is 1. The maximum Gasteiger partial charge on any atom is 0.199 e. The van der Waals surface area contributed by atoms with Gasteiger partial charge in [-0.25, -0.2) is 13.4 Å². The molecule has 134 valence electrons. The number of hydrogen-bond donors (Lipinski definition) is 0. The van der Waals surface area contributed by atoms with Gasteiger partial charge in [0.2, 0.25) is 0 Å². The molecule has 0 aliphatic heterocycles. The lowest BCUT2D eigenvalue weighted by atomic mass is 10.1. The molecule has 0 aliphatic carbocycles. The molecule has 0 radical (unpaired) electrons. The molecule has 0 atom stereocenters. The second kappa shape index (κ2) is 8.10. The minimum atomic E-state index is -3.40. The largest absolute Gasteiger partial charge is 0.245 e. The van der Waals surface area contributed by atoms with Gasteiger partial charge in [-0.05, 0) is 24.5 Å². The smallest absolute Gasteiger partial charge is 0.199 e. The molecular formula is C20H27NO2SSi. The Labute approximate surface area is 152 Å². The van der Waals surface area contributed by atoms with Crippen LogP contribution in [0.15, 0.2) is 71.0 Å². The highest BCUT2D eigenvalue weighted by Crippen LogP contribution is 2.23. The Balaban J connectivity index is 2.36. The predicted molar refractivity (Wildman–Crippen MR) is 107 cm³/mol. The van der Waals surface area contributed by atoms with Crippen LogP contribution in [0.25, 0.3) is 0 Å². The molecule has 1 heterocycles. The molecule has 25 heavy (non-hydrogen) atoms. The van der Waals surface area contributed by atoms with Gasteiger partial charge >= 0.3 is 0 Å². The van der Waals surface area contributed by atoms with E-state index < -0.39 is 17.9 Å². The first kappa shape index (κ1) is 19.6. The topological polar surface area (TPSA) is 47.0 Å². The maximum atomic E-state index is 12.6. The molecule has 0 spiro atoms. The number of allylic oxidation sites excluding steroid dienone is 1. The Bertz CT molecular complexity index is 813. The summed E-state index contributed by atoms with van der Waals surface area (Å²) in [6, 6.07) is 15.5. The molecule has 2 rings (SSSR count). The first-order chi connectivity index (χ1) is 11.7. The molecule has 0 aliphatic rings. The van der Waals surface area contributed by atoms with E-state index in [2.05, 4.69) is 56.2 Å². The van der Waals surface area contributed by atoms with Crippen LogP contribution in [0.3, 0.4) is 0 Å². The summed E-state index contributed by atoms with van der Waals surface area (Å²) < 4.78 is 25.2. The summed E-state index contributed by atoms with van der Waals surface area (Å²) in [6.07, 6.45) is 4.39. The van der Waals surface area contributed by atoms with Gasteiger partial charge in [0.15, 0.2) is 14.9 Å². The van der Waals surface area contributed by atoms with Crippen LogP contribution in [0.1, 0.15) is 20.3 Å². The Kier molecular flexibility index (Phi) is 6.35. The van der Waals surface area contributed by atoms with Crippen molar-refractivity contribution >= 4 is 23.1 Å². The molecule has 0 bridgehead atoms. The van der Waals surface area contributed by atoms with E-state index in [-0.39, 0.29) is 10.8 Å². The van der Waals surface area contributed by atoms with Crippen molar-refractivity contribution in [2.75, 3.05) is 5.75 Å². The zero-order valence-electron chi connectivity index (χ0n) is 15.4. The van der Waals surface area contributed by atoms with E-state index >= 15 is 0 Å². The van der Waals surface area contributed by atoms with E-state index in [1.54, 1.807) is 18.2 Å².